The van der Waals surface area contributed by atoms with Gasteiger partial charge in [0.15, 0.2) is 0 Å². The van der Waals surface area contributed by atoms with Crippen LogP contribution in [0.15, 0.2) is 29.1 Å². The largest absolute Gasteiger partial charge is 0.341 e. The zero-order chi connectivity index (χ0) is 19.7. The number of para-hydroxylation sites is 2. The second-order valence-corrected chi connectivity index (χ2v) is 7.76. The number of aryl methyl sites for hydroxylation is 1. The molecule has 0 unspecified atom stereocenters. The molecule has 1 aromatic heterocycles. The van der Waals surface area contributed by atoms with Gasteiger partial charge in [0.1, 0.15) is 12.2 Å². The van der Waals surface area contributed by atoms with E-state index in [9.17, 15) is 14.4 Å². The van der Waals surface area contributed by atoms with Crippen LogP contribution in [-0.4, -0.2) is 57.3 Å². The lowest BCUT2D eigenvalue weighted by Crippen LogP contribution is -2.42. The number of rotatable bonds is 3. The summed E-state index contributed by atoms with van der Waals surface area (Å²) in [5.41, 5.74) is 1.53. The van der Waals surface area contributed by atoms with Crippen LogP contribution in [0.2, 0.25) is 0 Å². The molecule has 1 saturated carbocycles. The summed E-state index contributed by atoms with van der Waals surface area (Å²) in [5.74, 6) is 0.343. The van der Waals surface area contributed by atoms with Crippen LogP contribution in [0.25, 0.3) is 11.0 Å². The number of nitrogens with zero attached hydrogens (tertiary/aromatic N) is 4. The van der Waals surface area contributed by atoms with Gasteiger partial charge in [-0.15, -0.1) is 0 Å². The summed E-state index contributed by atoms with van der Waals surface area (Å²) in [6.07, 6.45) is 3.91. The Morgan fingerprint density at radius 3 is 2.50 bits per heavy atom. The molecule has 0 spiro atoms. The van der Waals surface area contributed by atoms with Crippen molar-refractivity contribution in [2.45, 2.75) is 39.2 Å². The Kier molecular flexibility index (Phi) is 5.15. The van der Waals surface area contributed by atoms with Crippen LogP contribution in [-0.2, 0) is 16.1 Å². The summed E-state index contributed by atoms with van der Waals surface area (Å²) < 4.78 is 1.52. The molecule has 2 aliphatic rings. The first kappa shape index (κ1) is 18.7. The van der Waals surface area contributed by atoms with E-state index < -0.39 is 0 Å². The number of carbonyl (C=O) groups is 2. The van der Waals surface area contributed by atoms with Gasteiger partial charge in [-0.3, -0.25) is 19.0 Å². The lowest BCUT2D eigenvalue weighted by molar-refractivity contribution is -0.138. The van der Waals surface area contributed by atoms with Crippen molar-refractivity contribution in [2.75, 3.05) is 26.2 Å². The van der Waals surface area contributed by atoms with Gasteiger partial charge >= 0.3 is 0 Å². The van der Waals surface area contributed by atoms with Crippen molar-refractivity contribution in [3.63, 3.8) is 0 Å². The SMILES string of the molecule is Cc1nc2ccccc2n(CC(=O)N2CCCN(C(=O)C3CCC3)CC2)c1=O. The lowest BCUT2D eigenvalue weighted by atomic mass is 9.84. The van der Waals surface area contributed by atoms with Gasteiger partial charge in [0.05, 0.1) is 11.0 Å². The summed E-state index contributed by atoms with van der Waals surface area (Å²) in [5, 5.41) is 0. The predicted molar refractivity (Wildman–Crippen MR) is 106 cm³/mol. The first-order valence-corrected chi connectivity index (χ1v) is 10.1. The van der Waals surface area contributed by atoms with Crippen molar-refractivity contribution in [1.29, 1.82) is 0 Å². The smallest absolute Gasteiger partial charge is 0.272 e. The average Bonchev–Trinajstić information content (AvgIpc) is 2.90. The third-order valence-corrected chi connectivity index (χ3v) is 5.92. The number of benzene rings is 1. The Hall–Kier alpha value is -2.70. The summed E-state index contributed by atoms with van der Waals surface area (Å²) in [7, 11) is 0. The van der Waals surface area contributed by atoms with Crippen molar-refractivity contribution in [2.24, 2.45) is 5.92 Å². The normalized spacial score (nSPS) is 18.0. The first-order chi connectivity index (χ1) is 13.5. The summed E-state index contributed by atoms with van der Waals surface area (Å²) >= 11 is 0. The molecule has 2 amide bonds. The molecule has 1 saturated heterocycles. The summed E-state index contributed by atoms with van der Waals surface area (Å²) in [6.45, 7) is 4.09. The summed E-state index contributed by atoms with van der Waals surface area (Å²) in [6, 6.07) is 7.38. The molecule has 0 radical (unpaired) electrons. The van der Waals surface area contributed by atoms with E-state index >= 15 is 0 Å². The standard InChI is InChI=1S/C21H26N4O3/c1-15-20(27)25(18-9-3-2-8-17(18)22-15)14-19(26)23-10-5-11-24(13-12-23)21(28)16-6-4-7-16/h2-3,8-9,16H,4-7,10-14H2,1H3. The topological polar surface area (TPSA) is 75.5 Å². The Balaban J connectivity index is 1.48. The first-order valence-electron chi connectivity index (χ1n) is 10.1. The van der Waals surface area contributed by atoms with Gasteiger partial charge in [-0.1, -0.05) is 18.6 Å². The molecule has 0 atom stereocenters. The second kappa shape index (κ2) is 7.73. The van der Waals surface area contributed by atoms with Gasteiger partial charge in [0.25, 0.3) is 5.56 Å². The van der Waals surface area contributed by atoms with E-state index in [4.69, 9.17) is 0 Å². The molecule has 1 aliphatic carbocycles. The molecular formula is C21H26N4O3. The lowest BCUT2D eigenvalue weighted by Gasteiger charge is -2.31. The van der Waals surface area contributed by atoms with E-state index in [1.165, 1.54) is 4.57 Å². The highest BCUT2D eigenvalue weighted by atomic mass is 16.2. The van der Waals surface area contributed by atoms with Gasteiger partial charge in [-0.25, -0.2) is 4.98 Å². The molecule has 2 heterocycles. The fourth-order valence-corrected chi connectivity index (χ4v) is 4.01. The second-order valence-electron chi connectivity index (χ2n) is 7.76. The summed E-state index contributed by atoms with van der Waals surface area (Å²) in [4.78, 5) is 46.1. The number of hydrogen-bond donors (Lipinski definition) is 0. The molecule has 7 heteroatoms. The predicted octanol–water partition coefficient (Wildman–Crippen LogP) is 1.57. The zero-order valence-corrected chi connectivity index (χ0v) is 16.3. The van der Waals surface area contributed by atoms with Crippen LogP contribution in [0, 0.1) is 12.8 Å². The van der Waals surface area contributed by atoms with Crippen molar-refractivity contribution >= 4 is 22.8 Å². The molecule has 2 fully saturated rings. The van der Waals surface area contributed by atoms with Crippen molar-refractivity contribution < 1.29 is 9.59 Å². The molecule has 4 rings (SSSR count). The Labute approximate surface area is 163 Å². The van der Waals surface area contributed by atoms with Gasteiger partial charge in [-0.05, 0) is 38.3 Å². The minimum atomic E-state index is -0.233. The molecule has 0 N–H and O–H groups in total. The minimum Gasteiger partial charge on any atom is -0.341 e. The highest BCUT2D eigenvalue weighted by molar-refractivity contribution is 5.81. The van der Waals surface area contributed by atoms with Gasteiger partial charge in [0, 0.05) is 32.1 Å². The highest BCUT2D eigenvalue weighted by Gasteiger charge is 2.31. The fourth-order valence-electron chi connectivity index (χ4n) is 4.01. The Morgan fingerprint density at radius 2 is 1.75 bits per heavy atom. The maximum absolute atomic E-state index is 12.9. The number of hydrogen-bond acceptors (Lipinski definition) is 4. The molecule has 148 valence electrons. The highest BCUT2D eigenvalue weighted by Crippen LogP contribution is 2.28. The van der Waals surface area contributed by atoms with Gasteiger partial charge in [0.2, 0.25) is 11.8 Å². The maximum Gasteiger partial charge on any atom is 0.272 e. The minimum absolute atomic E-state index is 0.000716. The zero-order valence-electron chi connectivity index (χ0n) is 16.3. The number of aromatic nitrogens is 2. The Bertz CT molecular complexity index is 964. The van der Waals surface area contributed by atoms with Crippen LogP contribution < -0.4 is 5.56 Å². The average molecular weight is 382 g/mol. The quantitative estimate of drug-likeness (QED) is 0.807. The molecule has 7 nitrogen and oxygen atoms in total. The molecule has 0 bridgehead atoms. The monoisotopic (exact) mass is 382 g/mol. The van der Waals surface area contributed by atoms with E-state index in [1.807, 2.05) is 29.2 Å². The van der Waals surface area contributed by atoms with Gasteiger partial charge in [-0.2, -0.15) is 0 Å². The molecule has 28 heavy (non-hydrogen) atoms. The van der Waals surface area contributed by atoms with E-state index in [0.717, 1.165) is 25.7 Å². The van der Waals surface area contributed by atoms with E-state index in [0.29, 0.717) is 42.9 Å². The Morgan fingerprint density at radius 1 is 1.04 bits per heavy atom. The van der Waals surface area contributed by atoms with Crippen LogP contribution in [0.3, 0.4) is 0 Å². The third-order valence-electron chi connectivity index (χ3n) is 5.92. The van der Waals surface area contributed by atoms with E-state index in [-0.39, 0.29) is 29.8 Å². The van der Waals surface area contributed by atoms with Crippen molar-refractivity contribution in [3.8, 4) is 0 Å². The number of fused-ring (bicyclic) bond motifs is 1. The third kappa shape index (κ3) is 3.53. The van der Waals surface area contributed by atoms with Gasteiger partial charge < -0.3 is 9.80 Å². The van der Waals surface area contributed by atoms with Crippen LogP contribution >= 0.6 is 0 Å². The fraction of sp³-hybridized carbons (Fsp3) is 0.524. The number of amides is 2. The van der Waals surface area contributed by atoms with Crippen molar-refractivity contribution in [1.82, 2.24) is 19.4 Å². The van der Waals surface area contributed by atoms with Crippen LogP contribution in [0.1, 0.15) is 31.4 Å². The molecule has 1 aromatic carbocycles. The molecule has 1 aliphatic heterocycles. The maximum atomic E-state index is 12.9. The van der Waals surface area contributed by atoms with E-state index in [2.05, 4.69) is 4.98 Å². The number of carbonyl (C=O) groups excluding carboxylic acids is 2. The van der Waals surface area contributed by atoms with Crippen LogP contribution in [0.4, 0.5) is 0 Å². The van der Waals surface area contributed by atoms with E-state index in [1.54, 1.807) is 11.8 Å². The molecule has 2 aromatic rings. The van der Waals surface area contributed by atoms with Crippen LogP contribution in [0.5, 0.6) is 0 Å². The van der Waals surface area contributed by atoms with Crippen molar-refractivity contribution in [3.05, 3.63) is 40.3 Å². The molecular weight excluding hydrogens is 356 g/mol.